The van der Waals surface area contributed by atoms with Gasteiger partial charge in [0.15, 0.2) is 11.6 Å². The third kappa shape index (κ3) is 2.87. The van der Waals surface area contributed by atoms with Crippen LogP contribution >= 0.6 is 0 Å². The Hall–Kier alpha value is -1.71. The Morgan fingerprint density at radius 3 is 2.60 bits per heavy atom. The SMILES string of the molecule is C=C(N=Cc1cc(F)c(F)cc1C)OC. The molecule has 0 unspecified atom stereocenters. The lowest BCUT2D eigenvalue weighted by Gasteiger charge is -2.01. The second-order valence-corrected chi connectivity index (χ2v) is 2.98. The topological polar surface area (TPSA) is 21.6 Å². The van der Waals surface area contributed by atoms with Gasteiger partial charge in [-0.15, -0.1) is 0 Å². The summed E-state index contributed by atoms with van der Waals surface area (Å²) in [5, 5.41) is 0. The zero-order chi connectivity index (χ0) is 11.4. The molecule has 0 radical (unpaired) electrons. The van der Waals surface area contributed by atoms with E-state index in [1.165, 1.54) is 13.3 Å². The summed E-state index contributed by atoms with van der Waals surface area (Å²) in [5.41, 5.74) is 1.09. The molecule has 1 aromatic rings. The summed E-state index contributed by atoms with van der Waals surface area (Å²) < 4.78 is 30.3. The predicted molar refractivity (Wildman–Crippen MR) is 54.8 cm³/mol. The van der Waals surface area contributed by atoms with E-state index in [2.05, 4.69) is 11.6 Å². The van der Waals surface area contributed by atoms with Crippen LogP contribution in [0.15, 0.2) is 29.6 Å². The van der Waals surface area contributed by atoms with E-state index in [1.54, 1.807) is 6.92 Å². The van der Waals surface area contributed by atoms with Crippen LogP contribution in [0.25, 0.3) is 0 Å². The molecular weight excluding hydrogens is 200 g/mol. The fourth-order valence-electron chi connectivity index (χ4n) is 0.995. The summed E-state index contributed by atoms with van der Waals surface area (Å²) in [6, 6.07) is 2.20. The van der Waals surface area contributed by atoms with E-state index in [0.29, 0.717) is 11.1 Å². The molecule has 1 aromatic carbocycles. The quantitative estimate of drug-likeness (QED) is 0.556. The molecule has 15 heavy (non-hydrogen) atoms. The second-order valence-electron chi connectivity index (χ2n) is 2.98. The van der Waals surface area contributed by atoms with Crippen LogP contribution in [0.1, 0.15) is 11.1 Å². The Labute approximate surface area is 86.9 Å². The Morgan fingerprint density at radius 2 is 2.00 bits per heavy atom. The van der Waals surface area contributed by atoms with Gasteiger partial charge in [-0.1, -0.05) is 0 Å². The van der Waals surface area contributed by atoms with Gasteiger partial charge in [-0.3, -0.25) is 0 Å². The van der Waals surface area contributed by atoms with Crippen molar-refractivity contribution < 1.29 is 13.5 Å². The minimum atomic E-state index is -0.898. The van der Waals surface area contributed by atoms with Gasteiger partial charge >= 0.3 is 0 Å². The third-order valence-corrected chi connectivity index (χ3v) is 1.89. The molecule has 0 amide bonds. The van der Waals surface area contributed by atoms with Gasteiger partial charge in [0.05, 0.1) is 7.11 Å². The molecule has 0 aliphatic heterocycles. The molecule has 0 aliphatic rings. The smallest absolute Gasteiger partial charge is 0.205 e. The summed E-state index contributed by atoms with van der Waals surface area (Å²) in [6.07, 6.45) is 1.38. The maximum absolute atomic E-state index is 12.9. The monoisotopic (exact) mass is 211 g/mol. The van der Waals surface area contributed by atoms with Gasteiger partial charge in [0.25, 0.3) is 0 Å². The predicted octanol–water partition coefficient (Wildman–Crippen LogP) is 2.81. The average Bonchev–Trinajstić information content (AvgIpc) is 2.21. The van der Waals surface area contributed by atoms with Crippen molar-refractivity contribution in [3.8, 4) is 0 Å². The van der Waals surface area contributed by atoms with Crippen LogP contribution in [-0.4, -0.2) is 13.3 Å². The Morgan fingerprint density at radius 1 is 1.40 bits per heavy atom. The van der Waals surface area contributed by atoms with Crippen molar-refractivity contribution >= 4 is 6.21 Å². The van der Waals surface area contributed by atoms with Gasteiger partial charge in [0.1, 0.15) is 0 Å². The number of hydrogen-bond acceptors (Lipinski definition) is 2. The molecule has 0 N–H and O–H groups in total. The summed E-state index contributed by atoms with van der Waals surface area (Å²) >= 11 is 0. The number of rotatable bonds is 3. The highest BCUT2D eigenvalue weighted by Gasteiger charge is 2.04. The zero-order valence-electron chi connectivity index (χ0n) is 8.55. The number of halogens is 2. The lowest BCUT2D eigenvalue weighted by molar-refractivity contribution is 0.291. The average molecular weight is 211 g/mol. The Balaban J connectivity index is 3.00. The van der Waals surface area contributed by atoms with Crippen LogP contribution in [0.3, 0.4) is 0 Å². The number of hydrogen-bond donors (Lipinski definition) is 0. The fourth-order valence-corrected chi connectivity index (χ4v) is 0.995. The number of methoxy groups -OCH3 is 1. The van der Waals surface area contributed by atoms with E-state index >= 15 is 0 Å². The van der Waals surface area contributed by atoms with E-state index in [-0.39, 0.29) is 5.88 Å². The first kappa shape index (κ1) is 11.4. The molecule has 0 saturated heterocycles. The molecular formula is C11H11F2NO. The first-order valence-corrected chi connectivity index (χ1v) is 4.27. The van der Waals surface area contributed by atoms with Gasteiger partial charge in [-0.25, -0.2) is 13.8 Å². The van der Waals surface area contributed by atoms with E-state index < -0.39 is 11.6 Å². The van der Waals surface area contributed by atoms with Crippen molar-refractivity contribution in [1.29, 1.82) is 0 Å². The van der Waals surface area contributed by atoms with Crippen LogP contribution in [0.4, 0.5) is 8.78 Å². The van der Waals surface area contributed by atoms with Crippen molar-refractivity contribution in [2.75, 3.05) is 7.11 Å². The molecule has 0 heterocycles. The minimum Gasteiger partial charge on any atom is -0.481 e. The van der Waals surface area contributed by atoms with E-state index in [9.17, 15) is 8.78 Å². The summed E-state index contributed by atoms with van der Waals surface area (Å²) in [7, 11) is 1.43. The number of ether oxygens (including phenoxy) is 1. The maximum atomic E-state index is 12.9. The molecule has 0 aliphatic carbocycles. The van der Waals surface area contributed by atoms with Crippen LogP contribution in [-0.2, 0) is 4.74 Å². The zero-order valence-corrected chi connectivity index (χ0v) is 8.55. The fraction of sp³-hybridized carbons (Fsp3) is 0.182. The van der Waals surface area contributed by atoms with Crippen molar-refractivity contribution in [2.24, 2.45) is 4.99 Å². The maximum Gasteiger partial charge on any atom is 0.205 e. The Kier molecular flexibility index (Phi) is 3.55. The molecule has 1 rings (SSSR count). The highest BCUT2D eigenvalue weighted by Crippen LogP contribution is 2.12. The van der Waals surface area contributed by atoms with Gasteiger partial charge < -0.3 is 4.74 Å². The van der Waals surface area contributed by atoms with Crippen LogP contribution in [0, 0.1) is 18.6 Å². The molecule has 0 aromatic heterocycles. The van der Waals surface area contributed by atoms with Gasteiger partial charge in [-0.05, 0) is 36.8 Å². The van der Waals surface area contributed by atoms with Crippen molar-refractivity contribution in [1.82, 2.24) is 0 Å². The second kappa shape index (κ2) is 4.68. The lowest BCUT2D eigenvalue weighted by atomic mass is 10.1. The first-order valence-electron chi connectivity index (χ1n) is 4.27. The summed E-state index contributed by atoms with van der Waals surface area (Å²) in [6.45, 7) is 5.14. The number of aryl methyl sites for hydroxylation is 1. The van der Waals surface area contributed by atoms with Crippen LogP contribution < -0.4 is 0 Å². The molecule has 2 nitrogen and oxygen atoms in total. The third-order valence-electron chi connectivity index (χ3n) is 1.89. The van der Waals surface area contributed by atoms with Crippen LogP contribution in [0.5, 0.6) is 0 Å². The number of aliphatic imine (C=N–C) groups is 1. The van der Waals surface area contributed by atoms with Crippen molar-refractivity contribution in [2.45, 2.75) is 6.92 Å². The normalized spacial score (nSPS) is 10.7. The first-order chi connectivity index (χ1) is 7.04. The molecule has 0 spiro atoms. The van der Waals surface area contributed by atoms with Gasteiger partial charge in [0.2, 0.25) is 5.88 Å². The molecule has 80 valence electrons. The van der Waals surface area contributed by atoms with Crippen molar-refractivity contribution in [3.63, 3.8) is 0 Å². The van der Waals surface area contributed by atoms with Gasteiger partial charge in [-0.2, -0.15) is 0 Å². The number of nitrogens with zero attached hydrogens (tertiary/aromatic N) is 1. The Bertz CT molecular complexity index is 413. The lowest BCUT2D eigenvalue weighted by Crippen LogP contribution is -1.93. The van der Waals surface area contributed by atoms with Crippen LogP contribution in [0.2, 0.25) is 0 Å². The van der Waals surface area contributed by atoms with E-state index in [4.69, 9.17) is 4.74 Å². The van der Waals surface area contributed by atoms with Gasteiger partial charge in [0, 0.05) is 6.21 Å². The summed E-state index contributed by atoms with van der Waals surface area (Å²) in [4.78, 5) is 3.81. The molecule has 0 atom stereocenters. The number of benzene rings is 1. The molecule has 0 saturated carbocycles. The molecule has 4 heteroatoms. The van der Waals surface area contributed by atoms with E-state index in [0.717, 1.165) is 12.1 Å². The van der Waals surface area contributed by atoms with Crippen molar-refractivity contribution in [3.05, 3.63) is 47.4 Å². The molecule has 0 fully saturated rings. The highest BCUT2D eigenvalue weighted by molar-refractivity contribution is 5.82. The standard InChI is InChI=1S/C11H11F2NO/c1-7-4-10(12)11(13)5-9(7)6-14-8(2)15-3/h4-6H,2H2,1,3H3. The highest BCUT2D eigenvalue weighted by atomic mass is 19.2. The summed E-state index contributed by atoms with van der Waals surface area (Å²) in [5.74, 6) is -1.56. The minimum absolute atomic E-state index is 0.208. The largest absolute Gasteiger partial charge is 0.481 e. The molecule has 0 bridgehead atoms. The van der Waals surface area contributed by atoms with E-state index in [1.807, 2.05) is 0 Å².